The van der Waals surface area contributed by atoms with Gasteiger partial charge in [-0.05, 0) is 13.3 Å². The van der Waals surface area contributed by atoms with E-state index in [4.69, 9.17) is 4.74 Å². The van der Waals surface area contributed by atoms with Crippen molar-refractivity contribution in [2.75, 3.05) is 6.61 Å². The highest BCUT2D eigenvalue weighted by Crippen LogP contribution is 2.50. The molecule has 0 amide bonds. The van der Waals surface area contributed by atoms with Crippen molar-refractivity contribution in [2.24, 2.45) is 0 Å². The molecule has 2 aromatic carbocycles. The number of ether oxygens (including phenoxy) is 1. The number of hydrogen-bond acceptors (Lipinski definition) is 3. The van der Waals surface area contributed by atoms with Gasteiger partial charge in [0.15, 0.2) is 7.14 Å². The summed E-state index contributed by atoms with van der Waals surface area (Å²) in [6.45, 7) is 4.06. The van der Waals surface area contributed by atoms with Crippen LogP contribution in [0.25, 0.3) is 0 Å². The minimum absolute atomic E-state index is 0.294. The van der Waals surface area contributed by atoms with Gasteiger partial charge in [-0.15, -0.1) is 0 Å². The second kappa shape index (κ2) is 8.12. The molecule has 2 aromatic rings. The smallest absolute Gasteiger partial charge is 0.317 e. The van der Waals surface area contributed by atoms with Crippen LogP contribution in [0.2, 0.25) is 0 Å². The van der Waals surface area contributed by atoms with Crippen LogP contribution in [0.3, 0.4) is 0 Å². The highest BCUT2D eigenvalue weighted by molar-refractivity contribution is 7.80. The second-order valence-corrected chi connectivity index (χ2v) is 8.36. The molecule has 2 rings (SSSR count). The Hall–Kier alpha value is -1.86. The average molecular weight is 330 g/mol. The zero-order valence-corrected chi connectivity index (χ0v) is 14.5. The molecule has 0 aliphatic rings. The molecule has 122 valence electrons. The molecule has 0 spiro atoms. The molecule has 0 unspecified atom stereocenters. The third-order valence-corrected chi connectivity index (χ3v) is 7.32. The quantitative estimate of drug-likeness (QED) is 0.574. The molecule has 0 aromatic heterocycles. The van der Waals surface area contributed by atoms with Crippen molar-refractivity contribution in [3.8, 4) is 0 Å². The van der Waals surface area contributed by atoms with Crippen molar-refractivity contribution in [1.29, 1.82) is 0 Å². The number of carbonyl (C=O) groups is 1. The van der Waals surface area contributed by atoms with Gasteiger partial charge in [0.05, 0.1) is 6.61 Å². The van der Waals surface area contributed by atoms with Crippen LogP contribution in [-0.2, 0) is 14.1 Å². The normalized spacial score (nSPS) is 12.6. The summed E-state index contributed by atoms with van der Waals surface area (Å²) in [7, 11) is -3.11. The Kier molecular flexibility index (Phi) is 6.18. The highest BCUT2D eigenvalue weighted by Gasteiger charge is 2.41. The van der Waals surface area contributed by atoms with E-state index < -0.39 is 12.8 Å². The van der Waals surface area contributed by atoms with Gasteiger partial charge in [-0.3, -0.25) is 4.79 Å². The zero-order chi connectivity index (χ0) is 16.7. The molecule has 0 saturated heterocycles. The predicted octanol–water partition coefficient (Wildman–Crippen LogP) is 3.73. The van der Waals surface area contributed by atoms with Crippen molar-refractivity contribution in [3.63, 3.8) is 0 Å². The summed E-state index contributed by atoms with van der Waals surface area (Å²) in [4.78, 5) is 12.5. The highest BCUT2D eigenvalue weighted by atomic mass is 31.2. The molecule has 23 heavy (non-hydrogen) atoms. The SMILES string of the molecule is CCC[C@H](C(=O)OCC)P(=O)(c1ccccc1)c1ccccc1. The van der Waals surface area contributed by atoms with Crippen LogP contribution in [-0.4, -0.2) is 18.2 Å². The molecule has 4 heteroatoms. The fourth-order valence-corrected chi connectivity index (χ4v) is 6.01. The first-order valence-corrected chi connectivity index (χ1v) is 9.79. The Morgan fingerprint density at radius 2 is 1.43 bits per heavy atom. The number of carbonyl (C=O) groups excluding carboxylic acids is 1. The van der Waals surface area contributed by atoms with Crippen LogP contribution in [0, 0.1) is 0 Å². The topological polar surface area (TPSA) is 43.4 Å². The molecule has 1 atom stereocenters. The summed E-state index contributed by atoms with van der Waals surface area (Å²) >= 11 is 0. The van der Waals surface area contributed by atoms with Crippen LogP contribution >= 0.6 is 7.14 Å². The average Bonchev–Trinajstić information content (AvgIpc) is 2.60. The molecular formula is C19H23O3P. The van der Waals surface area contributed by atoms with Crippen LogP contribution in [0.15, 0.2) is 60.7 Å². The van der Waals surface area contributed by atoms with E-state index in [-0.39, 0.29) is 5.97 Å². The lowest BCUT2D eigenvalue weighted by Gasteiger charge is -2.27. The Balaban J connectivity index is 2.61. The minimum atomic E-state index is -3.11. The molecule has 0 aliphatic carbocycles. The third kappa shape index (κ3) is 3.73. The van der Waals surface area contributed by atoms with Gasteiger partial charge in [-0.2, -0.15) is 0 Å². The van der Waals surface area contributed by atoms with Crippen molar-refractivity contribution in [1.82, 2.24) is 0 Å². The van der Waals surface area contributed by atoms with Gasteiger partial charge in [0.2, 0.25) is 0 Å². The Morgan fingerprint density at radius 3 is 1.83 bits per heavy atom. The molecule has 0 heterocycles. The summed E-state index contributed by atoms with van der Waals surface area (Å²) in [5, 5.41) is 1.41. The lowest BCUT2D eigenvalue weighted by Crippen LogP contribution is -2.33. The molecule has 0 bridgehead atoms. The standard InChI is InChI=1S/C19H23O3P/c1-3-11-18(19(20)22-4-2)23(21,16-12-7-5-8-13-16)17-14-9-6-10-15-17/h5-10,12-15,18H,3-4,11H2,1-2H3/t18-/m1/s1. The maximum Gasteiger partial charge on any atom is 0.317 e. The fourth-order valence-electron chi connectivity index (χ4n) is 2.77. The second-order valence-electron chi connectivity index (χ2n) is 5.39. The van der Waals surface area contributed by atoms with E-state index in [1.807, 2.05) is 67.6 Å². The lowest BCUT2D eigenvalue weighted by molar-refractivity contribution is -0.142. The van der Waals surface area contributed by atoms with E-state index >= 15 is 0 Å². The van der Waals surface area contributed by atoms with E-state index in [2.05, 4.69) is 0 Å². The van der Waals surface area contributed by atoms with Crippen molar-refractivity contribution in [3.05, 3.63) is 60.7 Å². The third-order valence-electron chi connectivity index (χ3n) is 3.84. The maximum atomic E-state index is 14.1. The first kappa shape index (κ1) is 17.5. The first-order chi connectivity index (χ1) is 11.1. The fraction of sp³-hybridized carbons (Fsp3) is 0.316. The van der Waals surface area contributed by atoms with Crippen molar-refractivity contribution >= 4 is 23.7 Å². The summed E-state index contributed by atoms with van der Waals surface area (Å²) < 4.78 is 19.4. The lowest BCUT2D eigenvalue weighted by atomic mass is 10.2. The number of esters is 1. The van der Waals surface area contributed by atoms with E-state index in [9.17, 15) is 9.36 Å². The summed E-state index contributed by atoms with van der Waals surface area (Å²) in [5.74, 6) is -0.370. The molecule has 0 N–H and O–H groups in total. The Bertz CT molecular complexity index is 624. The molecule has 0 radical (unpaired) electrons. The summed E-state index contributed by atoms with van der Waals surface area (Å²) in [5.41, 5.74) is -0.641. The summed E-state index contributed by atoms with van der Waals surface area (Å²) in [6.07, 6.45) is 1.31. The van der Waals surface area contributed by atoms with E-state index in [0.29, 0.717) is 23.6 Å². The van der Waals surface area contributed by atoms with Gasteiger partial charge in [0, 0.05) is 10.6 Å². The zero-order valence-electron chi connectivity index (χ0n) is 13.6. The number of rotatable bonds is 7. The molecule has 0 aliphatic heterocycles. The van der Waals surface area contributed by atoms with Gasteiger partial charge in [0.1, 0.15) is 5.66 Å². The van der Waals surface area contributed by atoms with Gasteiger partial charge < -0.3 is 9.30 Å². The van der Waals surface area contributed by atoms with Crippen LogP contribution in [0.1, 0.15) is 26.7 Å². The van der Waals surface area contributed by atoms with Gasteiger partial charge >= 0.3 is 5.97 Å². The van der Waals surface area contributed by atoms with E-state index in [1.54, 1.807) is 6.92 Å². The van der Waals surface area contributed by atoms with E-state index in [0.717, 1.165) is 6.42 Å². The first-order valence-electron chi connectivity index (χ1n) is 8.02. The molecule has 0 fully saturated rings. The van der Waals surface area contributed by atoms with Crippen LogP contribution in [0.4, 0.5) is 0 Å². The van der Waals surface area contributed by atoms with Crippen LogP contribution in [0.5, 0.6) is 0 Å². The van der Waals surface area contributed by atoms with Gasteiger partial charge in [0.25, 0.3) is 0 Å². The van der Waals surface area contributed by atoms with E-state index in [1.165, 1.54) is 0 Å². The van der Waals surface area contributed by atoms with Crippen molar-refractivity contribution < 1.29 is 14.1 Å². The molecular weight excluding hydrogens is 307 g/mol. The largest absolute Gasteiger partial charge is 0.465 e. The monoisotopic (exact) mass is 330 g/mol. The van der Waals surface area contributed by atoms with Gasteiger partial charge in [-0.1, -0.05) is 74.0 Å². The molecule has 3 nitrogen and oxygen atoms in total. The predicted molar refractivity (Wildman–Crippen MR) is 95.1 cm³/mol. The van der Waals surface area contributed by atoms with Crippen molar-refractivity contribution in [2.45, 2.75) is 32.3 Å². The Labute approximate surface area is 138 Å². The summed E-state index contributed by atoms with van der Waals surface area (Å²) in [6, 6.07) is 18.6. The number of hydrogen-bond donors (Lipinski definition) is 0. The van der Waals surface area contributed by atoms with Crippen LogP contribution < -0.4 is 10.6 Å². The molecule has 0 saturated carbocycles. The Morgan fingerprint density at radius 1 is 0.957 bits per heavy atom. The number of benzene rings is 2. The maximum absolute atomic E-state index is 14.1. The van der Waals surface area contributed by atoms with Gasteiger partial charge in [-0.25, -0.2) is 0 Å². The minimum Gasteiger partial charge on any atom is -0.465 e.